The molecule has 0 bridgehead atoms. The zero-order chi connectivity index (χ0) is 20.8. The topological polar surface area (TPSA) is 127 Å². The fourth-order valence-electron chi connectivity index (χ4n) is 2.48. The Morgan fingerprint density at radius 1 is 0.750 bits per heavy atom. The van der Waals surface area contributed by atoms with Gasteiger partial charge in [0.05, 0.1) is 11.1 Å². The van der Waals surface area contributed by atoms with Crippen LogP contribution in [0.3, 0.4) is 0 Å². The summed E-state index contributed by atoms with van der Waals surface area (Å²) in [5.74, 6) is -2.96. The summed E-state index contributed by atoms with van der Waals surface area (Å²) >= 11 is 0. The number of esters is 2. The molecule has 0 heterocycles. The van der Waals surface area contributed by atoms with Gasteiger partial charge in [-0.05, 0) is 31.0 Å². The first-order valence-electron chi connectivity index (χ1n) is 9.28. The molecule has 0 radical (unpaired) electrons. The molecule has 154 valence electrons. The number of unbranched alkanes of at least 4 members (excludes halogenated alkanes) is 5. The second-order valence-corrected chi connectivity index (χ2v) is 6.26. The number of hydrogen-bond acceptors (Lipinski definition) is 6. The maximum absolute atomic E-state index is 11.8. The zero-order valence-electron chi connectivity index (χ0n) is 15.7. The van der Waals surface area contributed by atoms with Crippen molar-refractivity contribution >= 4 is 23.9 Å². The van der Waals surface area contributed by atoms with E-state index in [4.69, 9.17) is 19.7 Å². The highest BCUT2D eigenvalue weighted by molar-refractivity contribution is 5.94. The molecule has 8 heteroatoms. The summed E-state index contributed by atoms with van der Waals surface area (Å²) in [4.78, 5) is 44.7. The molecule has 0 saturated heterocycles. The lowest BCUT2D eigenvalue weighted by atomic mass is 10.1. The minimum absolute atomic E-state index is 0.0113. The summed E-state index contributed by atoms with van der Waals surface area (Å²) in [6, 6.07) is 5.49. The smallest absolute Gasteiger partial charge is 0.338 e. The van der Waals surface area contributed by atoms with Crippen molar-refractivity contribution in [2.45, 2.75) is 51.4 Å². The third-order valence-corrected chi connectivity index (χ3v) is 3.95. The number of carboxylic acids is 2. The van der Waals surface area contributed by atoms with Crippen molar-refractivity contribution in [3.8, 4) is 0 Å². The molecular weight excluding hydrogens is 368 g/mol. The Morgan fingerprint density at radius 2 is 1.32 bits per heavy atom. The van der Waals surface area contributed by atoms with Crippen molar-refractivity contribution < 1.29 is 38.9 Å². The lowest BCUT2D eigenvalue weighted by molar-refractivity contribution is -0.145. The van der Waals surface area contributed by atoms with Gasteiger partial charge in [0.15, 0.2) is 0 Å². The Balaban J connectivity index is 2.07. The first-order valence-corrected chi connectivity index (χ1v) is 9.28. The number of aromatic carboxylic acids is 1. The first-order chi connectivity index (χ1) is 13.4. The largest absolute Gasteiger partial charge is 0.481 e. The van der Waals surface area contributed by atoms with Gasteiger partial charge in [0, 0.05) is 12.8 Å². The van der Waals surface area contributed by atoms with Crippen LogP contribution in [-0.4, -0.2) is 47.3 Å². The molecule has 0 saturated carbocycles. The normalized spacial score (nSPS) is 10.3. The highest BCUT2D eigenvalue weighted by Gasteiger charge is 2.11. The van der Waals surface area contributed by atoms with Gasteiger partial charge >= 0.3 is 23.9 Å². The molecular formula is C20H26O8. The van der Waals surface area contributed by atoms with Gasteiger partial charge in [-0.2, -0.15) is 0 Å². The van der Waals surface area contributed by atoms with E-state index in [2.05, 4.69) is 0 Å². The quantitative estimate of drug-likeness (QED) is 0.363. The fourth-order valence-corrected chi connectivity index (χ4v) is 2.48. The second-order valence-electron chi connectivity index (χ2n) is 6.26. The Morgan fingerprint density at radius 3 is 1.96 bits per heavy atom. The van der Waals surface area contributed by atoms with Crippen LogP contribution in [0.2, 0.25) is 0 Å². The van der Waals surface area contributed by atoms with Gasteiger partial charge in [-0.3, -0.25) is 9.59 Å². The number of carbonyl (C=O) groups excluding carboxylic acids is 2. The van der Waals surface area contributed by atoms with Gasteiger partial charge in [0.2, 0.25) is 0 Å². The predicted octanol–water partition coefficient (Wildman–Crippen LogP) is 3.29. The zero-order valence-corrected chi connectivity index (χ0v) is 15.7. The van der Waals surface area contributed by atoms with E-state index in [0.29, 0.717) is 12.8 Å². The predicted molar refractivity (Wildman–Crippen MR) is 99.2 cm³/mol. The molecule has 0 atom stereocenters. The molecule has 2 N–H and O–H groups in total. The molecule has 1 aromatic carbocycles. The van der Waals surface area contributed by atoms with E-state index >= 15 is 0 Å². The molecule has 0 aromatic heterocycles. The average molecular weight is 394 g/mol. The van der Waals surface area contributed by atoms with Crippen molar-refractivity contribution in [1.82, 2.24) is 0 Å². The molecule has 0 spiro atoms. The molecule has 0 aliphatic carbocycles. The van der Waals surface area contributed by atoms with Crippen molar-refractivity contribution in [3.63, 3.8) is 0 Å². The Bertz CT molecular complexity index is 668. The number of aliphatic carboxylic acids is 1. The molecule has 8 nitrogen and oxygen atoms in total. The molecule has 0 unspecified atom stereocenters. The van der Waals surface area contributed by atoms with Crippen LogP contribution in [0.5, 0.6) is 0 Å². The van der Waals surface area contributed by atoms with E-state index in [0.717, 1.165) is 25.7 Å². The number of hydrogen-bond donors (Lipinski definition) is 2. The summed E-state index contributed by atoms with van der Waals surface area (Å²) < 4.78 is 9.95. The van der Waals surface area contributed by atoms with E-state index in [-0.39, 0.29) is 43.2 Å². The fraction of sp³-hybridized carbons (Fsp3) is 0.500. The lowest BCUT2D eigenvalue weighted by Gasteiger charge is -2.07. The summed E-state index contributed by atoms with van der Waals surface area (Å²) in [6.07, 6.45) is 5.48. The molecule has 0 aliphatic heterocycles. The third-order valence-electron chi connectivity index (χ3n) is 3.95. The van der Waals surface area contributed by atoms with E-state index in [1.165, 1.54) is 24.3 Å². The number of ether oxygens (including phenoxy) is 2. The number of benzene rings is 1. The highest BCUT2D eigenvalue weighted by Crippen LogP contribution is 2.09. The molecule has 0 amide bonds. The Labute approximate surface area is 163 Å². The van der Waals surface area contributed by atoms with Crippen LogP contribution < -0.4 is 0 Å². The van der Waals surface area contributed by atoms with E-state index in [1.807, 2.05) is 0 Å². The van der Waals surface area contributed by atoms with Gasteiger partial charge in [-0.25, -0.2) is 9.59 Å². The SMILES string of the molecule is O=C(O)CCCCCCCCC(=O)OCCOC(=O)c1cccc(C(=O)O)c1. The summed E-state index contributed by atoms with van der Waals surface area (Å²) in [6.45, 7) is -0.163. The number of rotatable bonds is 14. The van der Waals surface area contributed by atoms with Crippen molar-refractivity contribution in [2.75, 3.05) is 13.2 Å². The van der Waals surface area contributed by atoms with Crippen LogP contribution >= 0.6 is 0 Å². The highest BCUT2D eigenvalue weighted by atomic mass is 16.6. The summed E-state index contributed by atoms with van der Waals surface area (Å²) in [7, 11) is 0. The van der Waals surface area contributed by atoms with Crippen LogP contribution in [0.1, 0.15) is 72.1 Å². The van der Waals surface area contributed by atoms with Gasteiger partial charge < -0.3 is 19.7 Å². The minimum atomic E-state index is -1.14. The van der Waals surface area contributed by atoms with E-state index in [1.54, 1.807) is 0 Å². The standard InChI is InChI=1S/C20H26O8/c21-17(22)10-5-3-1-2-4-6-11-18(23)27-12-13-28-20(26)16-9-7-8-15(14-16)19(24)25/h7-9,14H,1-6,10-13H2,(H,21,22)(H,24,25). The molecule has 28 heavy (non-hydrogen) atoms. The summed E-state index contributed by atoms with van der Waals surface area (Å²) in [5.41, 5.74) is 0.109. The molecule has 1 rings (SSSR count). The Kier molecular flexibility index (Phi) is 11.0. The van der Waals surface area contributed by atoms with Crippen LogP contribution in [0, 0.1) is 0 Å². The average Bonchev–Trinajstić information content (AvgIpc) is 2.67. The van der Waals surface area contributed by atoms with E-state index in [9.17, 15) is 19.2 Å². The third kappa shape index (κ3) is 10.3. The number of carbonyl (C=O) groups is 4. The van der Waals surface area contributed by atoms with Crippen molar-refractivity contribution in [2.24, 2.45) is 0 Å². The lowest BCUT2D eigenvalue weighted by Crippen LogP contribution is -2.14. The van der Waals surface area contributed by atoms with E-state index < -0.39 is 17.9 Å². The van der Waals surface area contributed by atoms with Crippen LogP contribution in [0.25, 0.3) is 0 Å². The van der Waals surface area contributed by atoms with Crippen molar-refractivity contribution in [1.29, 1.82) is 0 Å². The maximum Gasteiger partial charge on any atom is 0.338 e. The molecule has 0 fully saturated rings. The molecule has 0 aliphatic rings. The van der Waals surface area contributed by atoms with Gasteiger partial charge in [-0.15, -0.1) is 0 Å². The maximum atomic E-state index is 11.8. The number of carboxylic acid groups (broad SMARTS) is 2. The van der Waals surface area contributed by atoms with Crippen LogP contribution in [0.15, 0.2) is 24.3 Å². The van der Waals surface area contributed by atoms with Gasteiger partial charge in [0.1, 0.15) is 13.2 Å². The van der Waals surface area contributed by atoms with Gasteiger partial charge in [-0.1, -0.05) is 31.7 Å². The monoisotopic (exact) mass is 394 g/mol. The minimum Gasteiger partial charge on any atom is -0.481 e. The Hall–Kier alpha value is -2.90. The summed E-state index contributed by atoms with van der Waals surface area (Å²) in [5, 5.41) is 17.4. The van der Waals surface area contributed by atoms with Crippen LogP contribution in [-0.2, 0) is 19.1 Å². The molecule has 1 aromatic rings. The van der Waals surface area contributed by atoms with Gasteiger partial charge in [0.25, 0.3) is 0 Å². The first kappa shape index (κ1) is 23.1. The second kappa shape index (κ2) is 13.3. The van der Waals surface area contributed by atoms with Crippen molar-refractivity contribution in [3.05, 3.63) is 35.4 Å². The van der Waals surface area contributed by atoms with Crippen LogP contribution in [0.4, 0.5) is 0 Å².